The summed E-state index contributed by atoms with van der Waals surface area (Å²) in [5.74, 6) is -2.26. The highest BCUT2D eigenvalue weighted by Crippen LogP contribution is 2.39. The molecule has 32 heavy (non-hydrogen) atoms. The van der Waals surface area contributed by atoms with E-state index >= 15 is 0 Å². The molecule has 0 aliphatic rings. The van der Waals surface area contributed by atoms with Crippen molar-refractivity contribution >= 4 is 21.4 Å². The van der Waals surface area contributed by atoms with Gasteiger partial charge in [-0.3, -0.25) is 0 Å². The average Bonchev–Trinajstić information content (AvgIpc) is 2.97. The van der Waals surface area contributed by atoms with Gasteiger partial charge in [0.1, 0.15) is 5.75 Å². The van der Waals surface area contributed by atoms with Gasteiger partial charge >= 0.3 is 12.4 Å². The number of sulfone groups is 1. The Hall–Kier alpha value is -2.73. The largest absolute Gasteiger partial charge is 0.439 e. The molecule has 0 aliphatic heterocycles. The molecule has 0 fully saturated rings. The molecule has 1 heterocycles. The summed E-state index contributed by atoms with van der Waals surface area (Å²) in [5.41, 5.74) is -3.46. The number of aryl methyl sites for hydroxylation is 1. The molecular formula is C19H13ClF6N2O3S. The van der Waals surface area contributed by atoms with Crippen LogP contribution in [0.2, 0.25) is 5.02 Å². The number of aromatic nitrogens is 2. The molecule has 2 aromatic carbocycles. The van der Waals surface area contributed by atoms with E-state index in [4.69, 9.17) is 16.3 Å². The lowest BCUT2D eigenvalue weighted by atomic mass is 10.2. The third-order valence-corrected chi connectivity index (χ3v) is 6.15. The van der Waals surface area contributed by atoms with Gasteiger partial charge in [-0.15, -0.1) is 0 Å². The number of rotatable bonds is 5. The molecule has 1 aromatic heterocycles. The number of ether oxygens (including phenoxy) is 1. The van der Waals surface area contributed by atoms with Gasteiger partial charge in [0.05, 0.1) is 21.8 Å². The molecule has 5 nitrogen and oxygen atoms in total. The van der Waals surface area contributed by atoms with Gasteiger partial charge in [0.15, 0.2) is 15.5 Å². The van der Waals surface area contributed by atoms with E-state index in [0.29, 0.717) is 10.7 Å². The molecule has 0 unspecified atom stereocenters. The molecule has 0 saturated heterocycles. The van der Waals surface area contributed by atoms with Crippen LogP contribution in [0, 0.1) is 0 Å². The Bertz CT molecular complexity index is 1240. The SMILES string of the molecule is Cn1nc(C(F)(F)F)c(CS(=O)(=O)c2ccc(Cl)cc2)c1Oc1cccc(C(F)(F)F)c1. The highest BCUT2D eigenvalue weighted by atomic mass is 35.5. The lowest BCUT2D eigenvalue weighted by Gasteiger charge is -2.12. The number of nitrogens with zero attached hydrogens (tertiary/aromatic N) is 2. The predicted octanol–water partition coefficient (Wildman–Crippen LogP) is 5.88. The molecule has 0 amide bonds. The van der Waals surface area contributed by atoms with Crippen molar-refractivity contribution in [3.63, 3.8) is 0 Å². The van der Waals surface area contributed by atoms with Crippen molar-refractivity contribution in [2.45, 2.75) is 23.0 Å². The first-order valence-corrected chi connectivity index (χ1v) is 10.7. The van der Waals surface area contributed by atoms with E-state index < -0.39 is 56.4 Å². The molecule has 172 valence electrons. The van der Waals surface area contributed by atoms with Crippen LogP contribution in [-0.2, 0) is 35.0 Å². The molecule has 0 N–H and O–H groups in total. The van der Waals surface area contributed by atoms with Gasteiger partial charge in [0.2, 0.25) is 5.88 Å². The van der Waals surface area contributed by atoms with Crippen molar-refractivity contribution in [1.82, 2.24) is 9.78 Å². The Labute approximate surface area is 183 Å². The van der Waals surface area contributed by atoms with Crippen molar-refractivity contribution < 1.29 is 39.5 Å². The fourth-order valence-electron chi connectivity index (χ4n) is 2.80. The highest BCUT2D eigenvalue weighted by Gasteiger charge is 2.41. The predicted molar refractivity (Wildman–Crippen MR) is 102 cm³/mol. The minimum Gasteiger partial charge on any atom is -0.439 e. The topological polar surface area (TPSA) is 61.2 Å². The van der Waals surface area contributed by atoms with Crippen LogP contribution >= 0.6 is 11.6 Å². The van der Waals surface area contributed by atoms with Crippen LogP contribution in [0.5, 0.6) is 11.6 Å². The van der Waals surface area contributed by atoms with E-state index in [1.807, 2.05) is 0 Å². The fraction of sp³-hybridized carbons (Fsp3) is 0.211. The standard InChI is InChI=1S/C19H13ClF6N2O3S/c1-28-17(31-13-4-2-3-11(9-13)18(21,22)23)15(16(27-28)19(24,25)26)10-32(29,30)14-7-5-12(20)6-8-14/h2-9H,10H2,1H3. The Balaban J connectivity index is 2.08. The Kier molecular flexibility index (Phi) is 6.22. The normalized spacial score (nSPS) is 12.8. The maximum absolute atomic E-state index is 13.5. The minimum absolute atomic E-state index is 0.217. The number of alkyl halides is 6. The summed E-state index contributed by atoms with van der Waals surface area (Å²) in [6, 6.07) is 8.17. The lowest BCUT2D eigenvalue weighted by molar-refractivity contribution is -0.142. The Morgan fingerprint density at radius 2 is 1.62 bits per heavy atom. The monoisotopic (exact) mass is 498 g/mol. The van der Waals surface area contributed by atoms with Gasteiger partial charge in [0.25, 0.3) is 0 Å². The molecule has 0 bridgehead atoms. The molecule has 0 atom stereocenters. The van der Waals surface area contributed by atoms with E-state index in [2.05, 4.69) is 5.10 Å². The summed E-state index contributed by atoms with van der Waals surface area (Å²) in [4.78, 5) is -0.302. The van der Waals surface area contributed by atoms with Gasteiger partial charge < -0.3 is 4.74 Å². The summed E-state index contributed by atoms with van der Waals surface area (Å²) in [5, 5.41) is 3.52. The molecule has 0 radical (unpaired) electrons. The minimum atomic E-state index is -5.04. The van der Waals surface area contributed by atoms with Crippen LogP contribution in [0.4, 0.5) is 26.3 Å². The second-order valence-corrected chi connectivity index (χ2v) is 9.02. The third kappa shape index (κ3) is 5.18. The second-order valence-electron chi connectivity index (χ2n) is 6.59. The van der Waals surface area contributed by atoms with Crippen LogP contribution in [0.15, 0.2) is 53.4 Å². The van der Waals surface area contributed by atoms with Crippen LogP contribution < -0.4 is 4.74 Å². The molecule has 0 aliphatic carbocycles. The number of halogens is 7. The van der Waals surface area contributed by atoms with Crippen molar-refractivity contribution in [1.29, 1.82) is 0 Å². The number of hydrogen-bond acceptors (Lipinski definition) is 4. The Morgan fingerprint density at radius 3 is 2.19 bits per heavy atom. The molecule has 3 rings (SSSR count). The zero-order valence-electron chi connectivity index (χ0n) is 16.0. The Morgan fingerprint density at radius 1 is 1.00 bits per heavy atom. The maximum atomic E-state index is 13.5. The van der Waals surface area contributed by atoms with Gasteiger partial charge in [-0.2, -0.15) is 31.4 Å². The molecule has 0 spiro atoms. The highest BCUT2D eigenvalue weighted by molar-refractivity contribution is 7.90. The molecule has 13 heteroatoms. The summed E-state index contributed by atoms with van der Waals surface area (Å²) >= 11 is 5.71. The summed E-state index contributed by atoms with van der Waals surface area (Å²) < 4.78 is 111. The number of hydrogen-bond donors (Lipinski definition) is 0. The van der Waals surface area contributed by atoms with Crippen LogP contribution in [-0.4, -0.2) is 18.2 Å². The zero-order chi connectivity index (χ0) is 23.9. The van der Waals surface area contributed by atoms with Gasteiger partial charge in [0, 0.05) is 12.1 Å². The van der Waals surface area contributed by atoms with Crippen molar-refractivity contribution in [3.8, 4) is 11.6 Å². The first-order valence-electron chi connectivity index (χ1n) is 8.65. The van der Waals surface area contributed by atoms with Crippen LogP contribution in [0.25, 0.3) is 0 Å². The van der Waals surface area contributed by atoms with Gasteiger partial charge in [-0.1, -0.05) is 17.7 Å². The summed E-state index contributed by atoms with van der Waals surface area (Å²) in [6.45, 7) is 0. The second kappa shape index (κ2) is 8.32. The summed E-state index contributed by atoms with van der Waals surface area (Å²) in [6.07, 6.45) is -9.76. The number of benzene rings is 2. The smallest absolute Gasteiger partial charge is 0.435 e. The van der Waals surface area contributed by atoms with Crippen LogP contribution in [0.1, 0.15) is 16.8 Å². The molecule has 3 aromatic rings. The van der Waals surface area contributed by atoms with Crippen molar-refractivity contribution in [2.75, 3.05) is 0 Å². The van der Waals surface area contributed by atoms with E-state index in [1.165, 1.54) is 12.1 Å². The van der Waals surface area contributed by atoms with E-state index in [1.54, 1.807) is 0 Å². The maximum Gasteiger partial charge on any atom is 0.435 e. The van der Waals surface area contributed by atoms with Crippen molar-refractivity contribution in [2.24, 2.45) is 7.05 Å². The van der Waals surface area contributed by atoms with Crippen LogP contribution in [0.3, 0.4) is 0 Å². The fourth-order valence-corrected chi connectivity index (χ4v) is 4.28. The van der Waals surface area contributed by atoms with Gasteiger partial charge in [-0.05, 0) is 42.5 Å². The van der Waals surface area contributed by atoms with E-state index in [0.717, 1.165) is 37.4 Å². The third-order valence-electron chi connectivity index (χ3n) is 4.24. The van der Waals surface area contributed by atoms with Crippen molar-refractivity contribution in [3.05, 3.63) is 70.4 Å². The van der Waals surface area contributed by atoms with E-state index in [9.17, 15) is 34.8 Å². The average molecular weight is 499 g/mol. The zero-order valence-corrected chi connectivity index (χ0v) is 17.6. The van der Waals surface area contributed by atoms with Gasteiger partial charge in [-0.25, -0.2) is 13.1 Å². The lowest BCUT2D eigenvalue weighted by Crippen LogP contribution is -2.13. The first-order chi connectivity index (χ1) is 14.7. The molecular weight excluding hydrogens is 486 g/mol. The quantitative estimate of drug-likeness (QED) is 0.412. The summed E-state index contributed by atoms with van der Waals surface area (Å²) in [7, 11) is -3.27. The van der Waals surface area contributed by atoms with E-state index in [-0.39, 0.29) is 9.92 Å². The first kappa shape index (κ1) is 23.9. The molecule has 0 saturated carbocycles.